The molecule has 1 N–H and O–H groups in total. The summed E-state index contributed by atoms with van der Waals surface area (Å²) in [6, 6.07) is 7.57. The van der Waals surface area contributed by atoms with Gasteiger partial charge in [-0.3, -0.25) is 9.59 Å². The van der Waals surface area contributed by atoms with Gasteiger partial charge < -0.3 is 10.2 Å². The number of carbonyl (C=O) groups excluding carboxylic acids is 2. The molecule has 6 nitrogen and oxygen atoms in total. The minimum atomic E-state index is -3.08. The van der Waals surface area contributed by atoms with Gasteiger partial charge in [-0.1, -0.05) is 24.3 Å². The number of nitrogens with zero attached hydrogens (tertiary/aromatic N) is 1. The molecule has 1 fully saturated rings. The number of rotatable bonds is 3. The number of hydrogen-bond donors (Lipinski definition) is 1. The first-order chi connectivity index (χ1) is 11.7. The van der Waals surface area contributed by atoms with Crippen molar-refractivity contribution in [1.82, 2.24) is 10.2 Å². The van der Waals surface area contributed by atoms with Crippen molar-refractivity contribution in [3.63, 3.8) is 0 Å². The lowest BCUT2D eigenvalue weighted by Crippen LogP contribution is -2.49. The van der Waals surface area contributed by atoms with Crippen LogP contribution in [-0.2, 0) is 25.8 Å². The van der Waals surface area contributed by atoms with Crippen LogP contribution in [-0.4, -0.2) is 48.7 Å². The molecule has 2 aliphatic rings. The molecule has 0 bridgehead atoms. The fourth-order valence-corrected chi connectivity index (χ4v) is 6.01. The van der Waals surface area contributed by atoms with Gasteiger partial charge in [0.1, 0.15) is 0 Å². The quantitative estimate of drug-likeness (QED) is 0.874. The summed E-state index contributed by atoms with van der Waals surface area (Å²) in [5.41, 5.74) is 1.45. The molecule has 136 valence electrons. The van der Waals surface area contributed by atoms with Crippen LogP contribution >= 0.6 is 0 Å². The van der Waals surface area contributed by atoms with E-state index in [4.69, 9.17) is 0 Å². The normalized spacial score (nSPS) is 27.6. The van der Waals surface area contributed by atoms with Gasteiger partial charge in [0.15, 0.2) is 9.84 Å². The van der Waals surface area contributed by atoms with Crippen molar-refractivity contribution in [3.8, 4) is 0 Å². The Morgan fingerprint density at radius 2 is 2.04 bits per heavy atom. The van der Waals surface area contributed by atoms with Crippen molar-refractivity contribution in [3.05, 3.63) is 35.4 Å². The molecular formula is C18H24N2O4S. The van der Waals surface area contributed by atoms with E-state index in [2.05, 4.69) is 5.32 Å². The molecule has 0 saturated carbocycles. The lowest BCUT2D eigenvalue weighted by Gasteiger charge is -2.37. The predicted octanol–water partition coefficient (Wildman–Crippen LogP) is 1.22. The minimum absolute atomic E-state index is 0.0244. The van der Waals surface area contributed by atoms with Gasteiger partial charge in [-0.2, -0.15) is 0 Å². The first-order valence-corrected chi connectivity index (χ1v) is 10.4. The van der Waals surface area contributed by atoms with E-state index in [1.165, 1.54) is 6.92 Å². The molecule has 7 heteroatoms. The van der Waals surface area contributed by atoms with Crippen molar-refractivity contribution in [1.29, 1.82) is 0 Å². The molecule has 0 aliphatic carbocycles. The van der Waals surface area contributed by atoms with Gasteiger partial charge in [-0.05, 0) is 30.9 Å². The fraction of sp³-hybridized carbons (Fsp3) is 0.556. The van der Waals surface area contributed by atoms with E-state index < -0.39 is 15.4 Å². The van der Waals surface area contributed by atoms with Crippen LogP contribution in [0.15, 0.2) is 24.3 Å². The van der Waals surface area contributed by atoms with Crippen LogP contribution in [0.25, 0.3) is 0 Å². The zero-order valence-electron chi connectivity index (χ0n) is 14.6. The summed E-state index contributed by atoms with van der Waals surface area (Å²) in [6.45, 7) is 3.88. The molecule has 3 rings (SSSR count). The van der Waals surface area contributed by atoms with Crippen LogP contribution in [0.2, 0.25) is 0 Å². The van der Waals surface area contributed by atoms with E-state index in [-0.39, 0.29) is 35.8 Å². The zero-order chi connectivity index (χ0) is 18.2. The minimum Gasteiger partial charge on any atom is -0.350 e. The van der Waals surface area contributed by atoms with Crippen molar-refractivity contribution in [2.45, 2.75) is 44.7 Å². The van der Waals surface area contributed by atoms with Crippen LogP contribution in [0.4, 0.5) is 0 Å². The Morgan fingerprint density at radius 3 is 2.68 bits per heavy atom. The third-order valence-corrected chi connectivity index (χ3v) is 7.04. The standard InChI is InChI=1S/C18H24N2O4S/c1-13(21)20-9-7-14-5-3-4-6-15(14)16(20)11-17(22)19-18(2)8-10-25(23,24)12-18/h3-6,16H,7-12H2,1-2H3,(H,19,22). The second-order valence-corrected chi connectivity index (χ2v) is 9.52. The molecule has 1 aromatic rings. The Hall–Kier alpha value is -1.89. The molecule has 0 aromatic heterocycles. The summed E-state index contributed by atoms with van der Waals surface area (Å²) in [4.78, 5) is 26.4. The molecule has 2 atom stereocenters. The highest BCUT2D eigenvalue weighted by molar-refractivity contribution is 7.91. The van der Waals surface area contributed by atoms with Gasteiger partial charge in [-0.15, -0.1) is 0 Å². The second-order valence-electron chi connectivity index (χ2n) is 7.33. The summed E-state index contributed by atoms with van der Waals surface area (Å²) in [5.74, 6) is -0.187. The smallest absolute Gasteiger partial charge is 0.222 e. The molecule has 1 aromatic carbocycles. The summed E-state index contributed by atoms with van der Waals surface area (Å²) in [6.07, 6.45) is 1.36. The van der Waals surface area contributed by atoms with Gasteiger partial charge in [-0.25, -0.2) is 8.42 Å². The van der Waals surface area contributed by atoms with Crippen LogP contribution in [0.5, 0.6) is 0 Å². The summed E-state index contributed by atoms with van der Waals surface area (Å²) < 4.78 is 23.4. The van der Waals surface area contributed by atoms with E-state index in [1.807, 2.05) is 24.3 Å². The Bertz CT molecular complexity index is 805. The molecule has 2 aliphatic heterocycles. The monoisotopic (exact) mass is 364 g/mol. The maximum Gasteiger partial charge on any atom is 0.222 e. The Labute approximate surface area is 148 Å². The molecule has 25 heavy (non-hydrogen) atoms. The average Bonchev–Trinajstić information content (AvgIpc) is 2.80. The number of hydrogen-bond acceptors (Lipinski definition) is 4. The van der Waals surface area contributed by atoms with Crippen molar-refractivity contribution in [2.75, 3.05) is 18.1 Å². The molecular weight excluding hydrogens is 340 g/mol. The third-order valence-electron chi connectivity index (χ3n) is 5.14. The Morgan fingerprint density at radius 1 is 1.32 bits per heavy atom. The largest absolute Gasteiger partial charge is 0.350 e. The molecule has 2 unspecified atom stereocenters. The highest BCUT2D eigenvalue weighted by atomic mass is 32.2. The number of benzene rings is 1. The van der Waals surface area contributed by atoms with E-state index >= 15 is 0 Å². The Balaban J connectivity index is 1.78. The highest BCUT2D eigenvalue weighted by Gasteiger charge is 2.40. The zero-order valence-corrected chi connectivity index (χ0v) is 15.4. The van der Waals surface area contributed by atoms with Crippen molar-refractivity contribution >= 4 is 21.7 Å². The molecule has 1 saturated heterocycles. The maximum atomic E-state index is 12.6. The van der Waals surface area contributed by atoms with Crippen LogP contribution in [0.3, 0.4) is 0 Å². The highest BCUT2D eigenvalue weighted by Crippen LogP contribution is 2.33. The number of fused-ring (bicyclic) bond motifs is 1. The average molecular weight is 364 g/mol. The molecule has 2 heterocycles. The maximum absolute atomic E-state index is 12.6. The topological polar surface area (TPSA) is 83.6 Å². The summed E-state index contributed by atoms with van der Waals surface area (Å²) in [7, 11) is -3.08. The van der Waals surface area contributed by atoms with Gasteiger partial charge in [0.25, 0.3) is 0 Å². The molecule has 0 spiro atoms. The first-order valence-electron chi connectivity index (χ1n) is 8.56. The second kappa shape index (κ2) is 6.44. The predicted molar refractivity (Wildman–Crippen MR) is 94.7 cm³/mol. The Kier molecular flexibility index (Phi) is 4.62. The SMILES string of the molecule is CC(=O)N1CCc2ccccc2C1CC(=O)NC1(C)CCS(=O)(=O)C1. The lowest BCUT2D eigenvalue weighted by molar-refractivity contribution is -0.133. The van der Waals surface area contributed by atoms with Gasteiger partial charge >= 0.3 is 0 Å². The van der Waals surface area contributed by atoms with Gasteiger partial charge in [0, 0.05) is 13.5 Å². The number of carbonyl (C=O) groups is 2. The number of nitrogens with one attached hydrogen (secondary N) is 1. The molecule has 2 amide bonds. The van der Waals surface area contributed by atoms with Crippen molar-refractivity contribution < 1.29 is 18.0 Å². The number of amides is 2. The van der Waals surface area contributed by atoms with Gasteiger partial charge in [0.05, 0.1) is 29.5 Å². The lowest BCUT2D eigenvalue weighted by atomic mass is 9.90. The van der Waals surface area contributed by atoms with Crippen LogP contribution in [0.1, 0.15) is 43.9 Å². The van der Waals surface area contributed by atoms with E-state index in [1.54, 1.807) is 11.8 Å². The van der Waals surface area contributed by atoms with Crippen LogP contribution in [0, 0.1) is 0 Å². The third kappa shape index (κ3) is 3.86. The fourth-order valence-electron chi connectivity index (χ4n) is 3.92. The van der Waals surface area contributed by atoms with E-state index in [9.17, 15) is 18.0 Å². The first kappa shape index (κ1) is 17.9. The van der Waals surface area contributed by atoms with E-state index in [0.29, 0.717) is 13.0 Å². The van der Waals surface area contributed by atoms with Crippen molar-refractivity contribution in [2.24, 2.45) is 0 Å². The van der Waals surface area contributed by atoms with Gasteiger partial charge in [0.2, 0.25) is 11.8 Å². The van der Waals surface area contributed by atoms with Crippen LogP contribution < -0.4 is 5.32 Å². The summed E-state index contributed by atoms with van der Waals surface area (Å²) >= 11 is 0. The van der Waals surface area contributed by atoms with E-state index in [0.717, 1.165) is 17.5 Å². The molecule has 0 radical (unpaired) electrons. The number of sulfone groups is 1. The summed E-state index contributed by atoms with van der Waals surface area (Å²) in [5, 5.41) is 2.89.